The van der Waals surface area contributed by atoms with E-state index in [0.717, 1.165) is 0 Å². The van der Waals surface area contributed by atoms with Crippen molar-refractivity contribution in [1.82, 2.24) is 5.43 Å². The van der Waals surface area contributed by atoms with E-state index in [1.807, 2.05) is 0 Å². The first-order valence-corrected chi connectivity index (χ1v) is 6.72. The van der Waals surface area contributed by atoms with Crippen molar-refractivity contribution in [2.45, 2.75) is 0 Å². The zero-order valence-electron chi connectivity index (χ0n) is 11.7. The fourth-order valence-corrected chi connectivity index (χ4v) is 1.83. The van der Waals surface area contributed by atoms with Crippen molar-refractivity contribution in [3.8, 4) is 11.5 Å². The van der Waals surface area contributed by atoms with Crippen molar-refractivity contribution in [2.24, 2.45) is 5.10 Å². The number of nitrogens with zero attached hydrogens (tertiary/aromatic N) is 1. The topological polar surface area (TPSA) is 65.9 Å². The van der Waals surface area contributed by atoms with Crippen LogP contribution in [0.1, 0.15) is 5.56 Å². The van der Waals surface area contributed by atoms with Gasteiger partial charge in [0.05, 0.1) is 13.3 Å². The second kappa shape index (κ2) is 7.37. The van der Waals surface area contributed by atoms with Gasteiger partial charge in [-0.05, 0) is 48.6 Å². The first-order chi connectivity index (χ1) is 10.6. The maximum atomic E-state index is 12.8. The fraction of sp³-hybridized carbons (Fsp3) is 0.0667. The maximum Gasteiger partial charge on any atom is 0.191 e. The Bertz CT molecular complexity index is 690. The molecule has 2 rings (SSSR count). The minimum atomic E-state index is -0.323. The number of thiocarbonyl (C=S) groups is 1. The molecule has 5 nitrogen and oxygen atoms in total. The van der Waals surface area contributed by atoms with Gasteiger partial charge in [-0.25, -0.2) is 4.39 Å². The highest BCUT2D eigenvalue weighted by Gasteiger charge is 2.04. The van der Waals surface area contributed by atoms with Gasteiger partial charge in [0.15, 0.2) is 16.6 Å². The van der Waals surface area contributed by atoms with Gasteiger partial charge in [0.25, 0.3) is 0 Å². The number of halogens is 1. The molecule has 0 aliphatic carbocycles. The van der Waals surface area contributed by atoms with Crippen molar-refractivity contribution in [3.63, 3.8) is 0 Å². The summed E-state index contributed by atoms with van der Waals surface area (Å²) in [5.41, 5.74) is 3.72. The number of benzene rings is 2. The quantitative estimate of drug-likeness (QED) is 0.459. The highest BCUT2D eigenvalue weighted by molar-refractivity contribution is 7.80. The van der Waals surface area contributed by atoms with Crippen LogP contribution in [0.2, 0.25) is 0 Å². The van der Waals surface area contributed by atoms with E-state index in [-0.39, 0.29) is 16.7 Å². The number of anilines is 1. The summed E-state index contributed by atoms with van der Waals surface area (Å²) in [5.74, 6) is 0.0277. The molecule has 0 heterocycles. The minimum Gasteiger partial charge on any atom is -0.504 e. The van der Waals surface area contributed by atoms with Crippen LogP contribution in [-0.2, 0) is 0 Å². The number of ether oxygens (including phenoxy) is 1. The molecule has 0 aromatic heterocycles. The van der Waals surface area contributed by atoms with Gasteiger partial charge in [-0.15, -0.1) is 0 Å². The van der Waals surface area contributed by atoms with Crippen LogP contribution >= 0.6 is 12.2 Å². The first-order valence-electron chi connectivity index (χ1n) is 6.31. The number of hydrazone groups is 1. The lowest BCUT2D eigenvalue weighted by molar-refractivity contribution is 0.373. The Balaban J connectivity index is 1.94. The van der Waals surface area contributed by atoms with Gasteiger partial charge in [-0.3, -0.25) is 5.43 Å². The standard InChI is InChI=1S/C15H14FN3O2S/c1-21-13-4-2-3-10(14(13)20)9-17-19-15(22)18-12-7-5-11(16)6-8-12/h2-9,20H,1H3,(H2,18,19,22)/b17-9-. The number of phenols is 1. The van der Waals surface area contributed by atoms with E-state index in [0.29, 0.717) is 17.0 Å². The van der Waals surface area contributed by atoms with Gasteiger partial charge in [0, 0.05) is 11.3 Å². The molecule has 0 aliphatic heterocycles. The molecule has 0 saturated carbocycles. The van der Waals surface area contributed by atoms with Crippen molar-refractivity contribution in [2.75, 3.05) is 12.4 Å². The van der Waals surface area contributed by atoms with Crippen LogP contribution in [0, 0.1) is 5.82 Å². The summed E-state index contributed by atoms with van der Waals surface area (Å²) in [6.45, 7) is 0. The van der Waals surface area contributed by atoms with Crippen LogP contribution in [0.5, 0.6) is 11.5 Å². The summed E-state index contributed by atoms with van der Waals surface area (Å²) >= 11 is 5.05. The molecule has 0 fully saturated rings. The zero-order valence-corrected chi connectivity index (χ0v) is 12.5. The summed E-state index contributed by atoms with van der Waals surface area (Å²) < 4.78 is 17.8. The van der Waals surface area contributed by atoms with E-state index in [2.05, 4.69) is 15.8 Å². The molecule has 22 heavy (non-hydrogen) atoms. The van der Waals surface area contributed by atoms with E-state index in [1.165, 1.54) is 25.5 Å². The normalized spacial score (nSPS) is 10.5. The molecule has 0 aliphatic rings. The van der Waals surface area contributed by atoms with Crippen LogP contribution in [0.4, 0.5) is 10.1 Å². The van der Waals surface area contributed by atoms with Gasteiger partial charge in [-0.2, -0.15) is 5.10 Å². The summed E-state index contributed by atoms with van der Waals surface area (Å²) in [4.78, 5) is 0. The Labute approximate surface area is 132 Å². The van der Waals surface area contributed by atoms with E-state index in [4.69, 9.17) is 17.0 Å². The molecule has 0 bridgehead atoms. The molecule has 0 spiro atoms. The van der Waals surface area contributed by atoms with Gasteiger partial charge < -0.3 is 15.2 Å². The molecular weight excluding hydrogens is 305 g/mol. The van der Waals surface area contributed by atoms with Gasteiger partial charge in [0.2, 0.25) is 0 Å². The Kier molecular flexibility index (Phi) is 5.26. The summed E-state index contributed by atoms with van der Waals surface area (Å²) in [5, 5.41) is 16.9. The Hall–Kier alpha value is -2.67. The SMILES string of the molecule is COc1cccc(/C=N\NC(=S)Nc2ccc(F)cc2)c1O. The number of rotatable bonds is 4. The zero-order chi connectivity index (χ0) is 15.9. The van der Waals surface area contributed by atoms with Gasteiger partial charge >= 0.3 is 0 Å². The molecule has 0 atom stereocenters. The average molecular weight is 319 g/mol. The molecule has 7 heteroatoms. The molecule has 2 aromatic carbocycles. The van der Waals surface area contributed by atoms with E-state index in [9.17, 15) is 9.50 Å². The average Bonchev–Trinajstić information content (AvgIpc) is 2.51. The molecule has 114 valence electrons. The predicted octanol–water partition coefficient (Wildman–Crippen LogP) is 2.86. The number of hydrogen-bond donors (Lipinski definition) is 3. The number of methoxy groups -OCH3 is 1. The number of aromatic hydroxyl groups is 1. The lowest BCUT2D eigenvalue weighted by atomic mass is 10.2. The third kappa shape index (κ3) is 4.16. The van der Waals surface area contributed by atoms with Crippen molar-refractivity contribution < 1.29 is 14.2 Å². The molecule has 0 saturated heterocycles. The summed E-state index contributed by atoms with van der Waals surface area (Å²) in [6, 6.07) is 10.8. The fourth-order valence-electron chi connectivity index (χ4n) is 1.66. The third-order valence-corrected chi connectivity index (χ3v) is 2.92. The largest absolute Gasteiger partial charge is 0.504 e. The summed E-state index contributed by atoms with van der Waals surface area (Å²) in [6.07, 6.45) is 1.41. The van der Waals surface area contributed by atoms with E-state index >= 15 is 0 Å². The molecule has 0 radical (unpaired) electrons. The molecular formula is C15H14FN3O2S. The van der Waals surface area contributed by atoms with E-state index < -0.39 is 0 Å². The van der Waals surface area contributed by atoms with Gasteiger partial charge in [0.1, 0.15) is 5.82 Å². The Morgan fingerprint density at radius 3 is 2.68 bits per heavy atom. The first kappa shape index (κ1) is 15.7. The monoisotopic (exact) mass is 319 g/mol. The molecule has 2 aromatic rings. The molecule has 0 unspecified atom stereocenters. The van der Waals surface area contributed by atoms with Crippen LogP contribution in [0.3, 0.4) is 0 Å². The van der Waals surface area contributed by atoms with Crippen LogP contribution in [0.15, 0.2) is 47.6 Å². The van der Waals surface area contributed by atoms with Gasteiger partial charge in [-0.1, -0.05) is 6.07 Å². The Morgan fingerprint density at radius 2 is 2.00 bits per heavy atom. The second-order valence-electron chi connectivity index (χ2n) is 4.23. The molecule has 0 amide bonds. The summed E-state index contributed by atoms with van der Waals surface area (Å²) in [7, 11) is 1.47. The molecule has 3 N–H and O–H groups in total. The lowest BCUT2D eigenvalue weighted by Crippen LogP contribution is -2.23. The highest BCUT2D eigenvalue weighted by Crippen LogP contribution is 2.27. The van der Waals surface area contributed by atoms with Crippen LogP contribution in [-0.4, -0.2) is 23.5 Å². The smallest absolute Gasteiger partial charge is 0.191 e. The van der Waals surface area contributed by atoms with Crippen LogP contribution < -0.4 is 15.5 Å². The van der Waals surface area contributed by atoms with Crippen molar-refractivity contribution >= 4 is 29.2 Å². The lowest BCUT2D eigenvalue weighted by Gasteiger charge is -2.07. The van der Waals surface area contributed by atoms with Crippen molar-refractivity contribution in [1.29, 1.82) is 0 Å². The second-order valence-corrected chi connectivity index (χ2v) is 4.64. The van der Waals surface area contributed by atoms with Crippen LogP contribution in [0.25, 0.3) is 0 Å². The predicted molar refractivity (Wildman–Crippen MR) is 88.0 cm³/mol. The third-order valence-electron chi connectivity index (χ3n) is 2.72. The minimum absolute atomic E-state index is 0.00652. The number of phenolic OH excluding ortho intramolecular Hbond substituents is 1. The number of hydrogen-bond acceptors (Lipinski definition) is 4. The van der Waals surface area contributed by atoms with E-state index in [1.54, 1.807) is 30.3 Å². The highest BCUT2D eigenvalue weighted by atomic mass is 32.1. The number of para-hydroxylation sites is 1. The van der Waals surface area contributed by atoms with Crippen molar-refractivity contribution in [3.05, 3.63) is 53.8 Å². The Morgan fingerprint density at radius 1 is 1.27 bits per heavy atom. The number of nitrogens with one attached hydrogen (secondary N) is 2. The maximum absolute atomic E-state index is 12.8.